The molecule has 1 saturated heterocycles. The highest BCUT2D eigenvalue weighted by Crippen LogP contribution is 2.45. The van der Waals surface area contributed by atoms with Crippen molar-refractivity contribution < 1.29 is 5.11 Å². The highest BCUT2D eigenvalue weighted by atomic mass is 79.9. The Morgan fingerprint density at radius 3 is 2.57 bits per heavy atom. The lowest BCUT2D eigenvalue weighted by molar-refractivity contribution is 0.123. The molecule has 1 aromatic rings. The molecule has 1 aromatic carbocycles. The molecule has 1 aliphatic carbocycles. The van der Waals surface area contributed by atoms with E-state index >= 15 is 0 Å². The standard InChI is InChI=1S/C16H22BrClN2O/c17-14-10-12(18)9-13(16(14)21)15(11-3-1-2-4-11)20-7-5-19-6-8-20/h9-11,15,19,21H,1-8H2/t15-/m0/s1. The minimum Gasteiger partial charge on any atom is -0.506 e. The van der Waals surface area contributed by atoms with Crippen LogP contribution in [0.3, 0.4) is 0 Å². The molecular weight excluding hydrogens is 352 g/mol. The third-order valence-corrected chi connectivity index (χ3v) is 5.59. The number of halogens is 2. The van der Waals surface area contributed by atoms with E-state index in [9.17, 15) is 5.11 Å². The molecule has 1 aliphatic heterocycles. The summed E-state index contributed by atoms with van der Waals surface area (Å²) < 4.78 is 0.697. The number of piperazine rings is 1. The van der Waals surface area contributed by atoms with Crippen molar-refractivity contribution in [3.05, 3.63) is 27.2 Å². The zero-order valence-corrected chi connectivity index (χ0v) is 14.5. The monoisotopic (exact) mass is 372 g/mol. The second-order valence-electron chi connectivity index (χ2n) is 6.10. The van der Waals surface area contributed by atoms with E-state index in [0.717, 1.165) is 31.7 Å². The van der Waals surface area contributed by atoms with Crippen LogP contribution in [0.25, 0.3) is 0 Å². The lowest BCUT2D eigenvalue weighted by Gasteiger charge is -2.39. The summed E-state index contributed by atoms with van der Waals surface area (Å²) in [6, 6.07) is 4.00. The van der Waals surface area contributed by atoms with Gasteiger partial charge in [0.2, 0.25) is 0 Å². The van der Waals surface area contributed by atoms with Crippen molar-refractivity contribution in [3.8, 4) is 5.75 Å². The summed E-state index contributed by atoms with van der Waals surface area (Å²) in [5.41, 5.74) is 0.989. The van der Waals surface area contributed by atoms with Gasteiger partial charge in [-0.15, -0.1) is 0 Å². The highest BCUT2D eigenvalue weighted by molar-refractivity contribution is 9.10. The highest BCUT2D eigenvalue weighted by Gasteiger charge is 2.34. The molecule has 3 rings (SSSR count). The van der Waals surface area contributed by atoms with Crippen molar-refractivity contribution in [2.45, 2.75) is 31.7 Å². The molecule has 21 heavy (non-hydrogen) atoms. The maximum Gasteiger partial charge on any atom is 0.134 e. The van der Waals surface area contributed by atoms with Crippen LogP contribution in [0, 0.1) is 5.92 Å². The lowest BCUT2D eigenvalue weighted by atomic mass is 9.89. The van der Waals surface area contributed by atoms with Crippen molar-refractivity contribution in [1.29, 1.82) is 0 Å². The molecule has 0 amide bonds. The van der Waals surface area contributed by atoms with Crippen LogP contribution in [0.5, 0.6) is 5.75 Å². The maximum atomic E-state index is 10.5. The number of rotatable bonds is 3. The Balaban J connectivity index is 1.97. The van der Waals surface area contributed by atoms with Gasteiger partial charge in [0, 0.05) is 42.8 Å². The zero-order chi connectivity index (χ0) is 14.8. The molecular formula is C16H22BrClN2O. The third-order valence-electron chi connectivity index (χ3n) is 4.77. The quantitative estimate of drug-likeness (QED) is 0.842. The number of nitrogens with zero attached hydrogens (tertiary/aromatic N) is 1. The van der Waals surface area contributed by atoms with E-state index < -0.39 is 0 Å². The zero-order valence-electron chi connectivity index (χ0n) is 12.1. The molecule has 5 heteroatoms. The van der Waals surface area contributed by atoms with Crippen LogP contribution in [0.1, 0.15) is 37.3 Å². The molecule has 1 saturated carbocycles. The van der Waals surface area contributed by atoms with E-state index in [2.05, 4.69) is 26.1 Å². The van der Waals surface area contributed by atoms with Gasteiger partial charge in [-0.25, -0.2) is 0 Å². The predicted molar refractivity (Wildman–Crippen MR) is 90.0 cm³/mol. The molecule has 2 N–H and O–H groups in total. The Morgan fingerprint density at radius 1 is 1.24 bits per heavy atom. The van der Waals surface area contributed by atoms with E-state index in [4.69, 9.17) is 11.6 Å². The molecule has 1 heterocycles. The Morgan fingerprint density at radius 2 is 1.90 bits per heavy atom. The fourth-order valence-electron chi connectivity index (χ4n) is 3.79. The minimum absolute atomic E-state index is 0.282. The Kier molecular flexibility index (Phi) is 5.10. The van der Waals surface area contributed by atoms with Crippen molar-refractivity contribution >= 4 is 27.5 Å². The predicted octanol–water partition coefficient (Wildman–Crippen LogP) is 3.94. The molecule has 0 radical (unpaired) electrons. The summed E-state index contributed by atoms with van der Waals surface area (Å²) in [7, 11) is 0. The summed E-state index contributed by atoms with van der Waals surface area (Å²) in [4.78, 5) is 2.52. The number of aromatic hydroxyl groups is 1. The number of phenolic OH excluding ortho intramolecular Hbond substituents is 1. The smallest absolute Gasteiger partial charge is 0.134 e. The number of benzene rings is 1. The molecule has 2 aliphatic rings. The molecule has 0 unspecified atom stereocenters. The van der Waals surface area contributed by atoms with Gasteiger partial charge in [0.25, 0.3) is 0 Å². The maximum absolute atomic E-state index is 10.5. The van der Waals surface area contributed by atoms with E-state index in [0.29, 0.717) is 21.2 Å². The van der Waals surface area contributed by atoms with Gasteiger partial charge >= 0.3 is 0 Å². The first-order valence-corrected chi connectivity index (χ1v) is 8.96. The van der Waals surface area contributed by atoms with Gasteiger partial charge in [0.05, 0.1) is 4.47 Å². The first-order valence-electron chi connectivity index (χ1n) is 7.79. The van der Waals surface area contributed by atoms with Crippen LogP contribution in [-0.2, 0) is 0 Å². The van der Waals surface area contributed by atoms with Gasteiger partial charge in [-0.3, -0.25) is 4.90 Å². The van der Waals surface area contributed by atoms with Crippen molar-refractivity contribution in [2.75, 3.05) is 26.2 Å². The van der Waals surface area contributed by atoms with Crippen LogP contribution >= 0.6 is 27.5 Å². The van der Waals surface area contributed by atoms with Gasteiger partial charge in [-0.05, 0) is 46.8 Å². The largest absolute Gasteiger partial charge is 0.506 e. The van der Waals surface area contributed by atoms with Gasteiger partial charge in [-0.1, -0.05) is 24.4 Å². The molecule has 0 spiro atoms. The summed E-state index contributed by atoms with van der Waals surface area (Å²) in [5.74, 6) is 0.981. The van der Waals surface area contributed by atoms with Crippen molar-refractivity contribution in [3.63, 3.8) is 0 Å². The first kappa shape index (κ1) is 15.6. The second kappa shape index (κ2) is 6.86. The van der Waals surface area contributed by atoms with Crippen LogP contribution < -0.4 is 5.32 Å². The number of nitrogens with one attached hydrogen (secondary N) is 1. The van der Waals surface area contributed by atoms with E-state index in [1.165, 1.54) is 25.7 Å². The average Bonchev–Trinajstić information content (AvgIpc) is 2.99. The van der Waals surface area contributed by atoms with E-state index in [1.807, 2.05) is 6.07 Å². The number of hydrogen-bond acceptors (Lipinski definition) is 3. The fraction of sp³-hybridized carbons (Fsp3) is 0.625. The normalized spacial score (nSPS) is 22.6. The molecule has 0 aromatic heterocycles. The van der Waals surface area contributed by atoms with Crippen LogP contribution in [0.2, 0.25) is 5.02 Å². The lowest BCUT2D eigenvalue weighted by Crippen LogP contribution is -2.46. The van der Waals surface area contributed by atoms with Gasteiger partial charge in [-0.2, -0.15) is 0 Å². The van der Waals surface area contributed by atoms with Crippen molar-refractivity contribution in [2.24, 2.45) is 5.92 Å². The average molecular weight is 374 g/mol. The minimum atomic E-state index is 0.282. The van der Waals surface area contributed by atoms with E-state index in [-0.39, 0.29) is 6.04 Å². The summed E-state index contributed by atoms with van der Waals surface area (Å²) >= 11 is 9.67. The SMILES string of the molecule is Oc1c(Br)cc(Cl)cc1[C@H](C1CCCC1)N1CCNCC1. The number of phenols is 1. The van der Waals surface area contributed by atoms with Crippen molar-refractivity contribution in [1.82, 2.24) is 10.2 Å². The first-order chi connectivity index (χ1) is 10.2. The van der Waals surface area contributed by atoms with Crippen LogP contribution in [0.15, 0.2) is 16.6 Å². The summed E-state index contributed by atoms with van der Waals surface area (Å²) in [6.45, 7) is 4.10. The van der Waals surface area contributed by atoms with Gasteiger partial charge < -0.3 is 10.4 Å². The fourth-order valence-corrected chi connectivity index (χ4v) is 4.63. The molecule has 116 valence electrons. The summed E-state index contributed by atoms with van der Waals surface area (Å²) in [6.07, 6.45) is 5.10. The molecule has 0 bridgehead atoms. The van der Waals surface area contributed by atoms with E-state index in [1.54, 1.807) is 6.07 Å². The number of hydrogen-bond donors (Lipinski definition) is 2. The topological polar surface area (TPSA) is 35.5 Å². The van der Waals surface area contributed by atoms with Crippen LogP contribution in [0.4, 0.5) is 0 Å². The Labute approximate surface area is 139 Å². The van der Waals surface area contributed by atoms with Crippen LogP contribution in [-0.4, -0.2) is 36.2 Å². The molecule has 2 fully saturated rings. The Bertz CT molecular complexity index is 499. The molecule has 3 nitrogen and oxygen atoms in total. The van der Waals surface area contributed by atoms with Gasteiger partial charge in [0.1, 0.15) is 5.75 Å². The third kappa shape index (κ3) is 3.39. The Hall–Kier alpha value is -0.290. The second-order valence-corrected chi connectivity index (χ2v) is 7.39. The summed E-state index contributed by atoms with van der Waals surface area (Å²) in [5, 5.41) is 14.6. The van der Waals surface area contributed by atoms with Gasteiger partial charge in [0.15, 0.2) is 0 Å². The molecule has 1 atom stereocenters.